The van der Waals surface area contributed by atoms with Crippen LogP contribution in [0.1, 0.15) is 0 Å². The Kier molecular flexibility index (Phi) is 4.42. The van der Waals surface area contributed by atoms with Crippen LogP contribution in [0.3, 0.4) is 0 Å². The minimum Gasteiger partial charge on any atom is -0.733 e. The van der Waals surface area contributed by atoms with E-state index < -0.39 is 0 Å². The Labute approximate surface area is 134 Å². The van der Waals surface area contributed by atoms with Crippen molar-refractivity contribution in [1.29, 1.82) is 0 Å². The van der Waals surface area contributed by atoms with E-state index in [2.05, 4.69) is 10.9 Å². The molecule has 3 aromatic carbocycles. The zero-order chi connectivity index (χ0) is 16.1. The fourth-order valence-electron chi connectivity index (χ4n) is 2.19. The van der Waals surface area contributed by atoms with Crippen LogP contribution >= 0.6 is 0 Å². The number of benzene rings is 3. The second-order valence-corrected chi connectivity index (χ2v) is 5.01. The molecule has 0 heterocycles. The SMILES string of the molecule is [O-]N(O)c1ccc(-c2ccc(NNc3ccccc3)cc2)cc1. The van der Waals surface area contributed by atoms with Crippen LogP contribution in [0, 0.1) is 5.21 Å². The van der Waals surface area contributed by atoms with E-state index >= 15 is 0 Å². The summed E-state index contributed by atoms with van der Waals surface area (Å²) >= 11 is 0. The molecular weight excluding hydrogens is 290 g/mol. The molecule has 3 aromatic rings. The van der Waals surface area contributed by atoms with Gasteiger partial charge in [0.05, 0.1) is 17.1 Å². The van der Waals surface area contributed by atoms with Gasteiger partial charge >= 0.3 is 0 Å². The minimum absolute atomic E-state index is 0.147. The van der Waals surface area contributed by atoms with Crippen LogP contribution in [0.15, 0.2) is 78.9 Å². The Balaban J connectivity index is 1.67. The van der Waals surface area contributed by atoms with Gasteiger partial charge in [0, 0.05) is 0 Å². The second-order valence-electron chi connectivity index (χ2n) is 5.01. The lowest BCUT2D eigenvalue weighted by Gasteiger charge is -2.21. The van der Waals surface area contributed by atoms with Gasteiger partial charge in [-0.25, -0.2) is 0 Å². The Hall–Kier alpha value is -3.02. The van der Waals surface area contributed by atoms with Gasteiger partial charge < -0.3 is 21.3 Å². The van der Waals surface area contributed by atoms with Gasteiger partial charge in [0.25, 0.3) is 0 Å². The highest BCUT2D eigenvalue weighted by atomic mass is 16.8. The van der Waals surface area contributed by atoms with E-state index in [9.17, 15) is 5.21 Å². The van der Waals surface area contributed by atoms with E-state index in [0.29, 0.717) is 0 Å². The van der Waals surface area contributed by atoms with Crippen molar-refractivity contribution < 1.29 is 5.21 Å². The van der Waals surface area contributed by atoms with Crippen molar-refractivity contribution >= 4 is 17.1 Å². The molecule has 116 valence electrons. The fraction of sp³-hybridized carbons (Fsp3) is 0. The van der Waals surface area contributed by atoms with Gasteiger partial charge in [0.1, 0.15) is 0 Å². The predicted molar refractivity (Wildman–Crippen MR) is 93.2 cm³/mol. The van der Waals surface area contributed by atoms with E-state index in [1.807, 2.05) is 54.6 Å². The highest BCUT2D eigenvalue weighted by Gasteiger charge is 1.99. The van der Waals surface area contributed by atoms with Crippen molar-refractivity contribution in [3.8, 4) is 11.1 Å². The molecule has 0 radical (unpaired) electrons. The first-order chi connectivity index (χ1) is 11.2. The fourth-order valence-corrected chi connectivity index (χ4v) is 2.19. The van der Waals surface area contributed by atoms with Gasteiger partial charge in [0.2, 0.25) is 0 Å². The first-order valence-corrected chi connectivity index (χ1v) is 7.16. The molecule has 5 nitrogen and oxygen atoms in total. The van der Waals surface area contributed by atoms with Crippen LogP contribution in [0.2, 0.25) is 0 Å². The molecule has 0 unspecified atom stereocenters. The van der Waals surface area contributed by atoms with Crippen LogP contribution in [0.5, 0.6) is 0 Å². The first kappa shape index (κ1) is 14.9. The predicted octanol–water partition coefficient (Wildman–Crippen LogP) is 4.49. The summed E-state index contributed by atoms with van der Waals surface area (Å²) < 4.78 is 0. The van der Waals surface area contributed by atoms with Crippen LogP contribution in [0.4, 0.5) is 17.1 Å². The molecule has 0 aromatic heterocycles. The van der Waals surface area contributed by atoms with E-state index in [0.717, 1.165) is 22.5 Å². The van der Waals surface area contributed by atoms with Gasteiger partial charge in [-0.3, -0.25) is 5.21 Å². The Morgan fingerprint density at radius 2 is 1.13 bits per heavy atom. The van der Waals surface area contributed by atoms with E-state index in [-0.39, 0.29) is 10.9 Å². The minimum atomic E-state index is -0.147. The summed E-state index contributed by atoms with van der Waals surface area (Å²) in [5.41, 5.74) is 10.4. The van der Waals surface area contributed by atoms with Crippen molar-refractivity contribution in [2.45, 2.75) is 0 Å². The lowest BCUT2D eigenvalue weighted by atomic mass is 10.1. The molecule has 0 aliphatic rings. The van der Waals surface area contributed by atoms with Crippen molar-refractivity contribution in [3.63, 3.8) is 0 Å². The number of para-hydroxylation sites is 1. The maximum Gasteiger partial charge on any atom is 0.0540 e. The number of hydrogen-bond donors (Lipinski definition) is 3. The van der Waals surface area contributed by atoms with Crippen LogP contribution in [-0.4, -0.2) is 5.21 Å². The topological polar surface area (TPSA) is 70.6 Å². The molecular formula is C18H16N3O2-. The lowest BCUT2D eigenvalue weighted by molar-refractivity contribution is 0.296. The zero-order valence-corrected chi connectivity index (χ0v) is 12.3. The van der Waals surface area contributed by atoms with Gasteiger partial charge in [-0.1, -0.05) is 42.5 Å². The third-order valence-corrected chi connectivity index (χ3v) is 3.43. The summed E-state index contributed by atoms with van der Waals surface area (Å²) in [5.74, 6) is 0. The van der Waals surface area contributed by atoms with E-state index in [1.165, 1.54) is 0 Å². The van der Waals surface area contributed by atoms with Crippen molar-refractivity contribution in [1.82, 2.24) is 0 Å². The number of nitrogens with zero attached hydrogens (tertiary/aromatic N) is 1. The zero-order valence-electron chi connectivity index (χ0n) is 12.3. The standard InChI is InChI=1S/C18H16N3O2/c22-21(23)18-12-8-15(9-13-18)14-6-10-17(11-7-14)20-19-16-4-2-1-3-5-16/h1-13,19-20,22H/q-1. The number of nitrogens with one attached hydrogen (secondary N) is 2. The molecule has 0 saturated heterocycles. The highest BCUT2D eigenvalue weighted by Crippen LogP contribution is 2.24. The molecule has 3 N–H and O–H groups in total. The summed E-state index contributed by atoms with van der Waals surface area (Å²) in [7, 11) is 0. The normalized spacial score (nSPS) is 10.2. The molecule has 0 bridgehead atoms. The first-order valence-electron chi connectivity index (χ1n) is 7.16. The summed E-state index contributed by atoms with van der Waals surface area (Å²) in [6, 6.07) is 24.5. The summed E-state index contributed by atoms with van der Waals surface area (Å²) in [6.45, 7) is 0. The average molecular weight is 306 g/mol. The average Bonchev–Trinajstić information content (AvgIpc) is 2.61. The van der Waals surface area contributed by atoms with Crippen molar-refractivity contribution in [3.05, 3.63) is 84.1 Å². The largest absolute Gasteiger partial charge is 0.733 e. The molecule has 0 saturated carbocycles. The van der Waals surface area contributed by atoms with Gasteiger partial charge in [-0.15, -0.1) is 0 Å². The number of anilines is 3. The smallest absolute Gasteiger partial charge is 0.0540 e. The van der Waals surface area contributed by atoms with E-state index in [1.54, 1.807) is 24.3 Å². The summed E-state index contributed by atoms with van der Waals surface area (Å²) in [5, 5.41) is 19.5. The molecule has 5 heteroatoms. The van der Waals surface area contributed by atoms with Gasteiger partial charge in [-0.2, -0.15) is 0 Å². The molecule has 0 atom stereocenters. The molecule has 0 spiro atoms. The van der Waals surface area contributed by atoms with Crippen LogP contribution in [-0.2, 0) is 0 Å². The third-order valence-electron chi connectivity index (χ3n) is 3.43. The summed E-state index contributed by atoms with van der Waals surface area (Å²) in [4.78, 5) is 0. The molecule has 0 fully saturated rings. The van der Waals surface area contributed by atoms with E-state index in [4.69, 9.17) is 5.21 Å². The summed E-state index contributed by atoms with van der Waals surface area (Å²) in [6.07, 6.45) is 0. The van der Waals surface area contributed by atoms with Gasteiger partial charge in [0.15, 0.2) is 0 Å². The molecule has 0 aliphatic carbocycles. The maximum atomic E-state index is 10.8. The van der Waals surface area contributed by atoms with Crippen LogP contribution < -0.4 is 16.1 Å². The second kappa shape index (κ2) is 6.83. The third kappa shape index (κ3) is 3.79. The highest BCUT2D eigenvalue weighted by molar-refractivity contribution is 5.68. The monoisotopic (exact) mass is 306 g/mol. The van der Waals surface area contributed by atoms with Crippen molar-refractivity contribution in [2.24, 2.45) is 0 Å². The number of rotatable bonds is 5. The number of hydrazine groups is 1. The Morgan fingerprint density at radius 3 is 1.65 bits per heavy atom. The molecule has 0 amide bonds. The molecule has 23 heavy (non-hydrogen) atoms. The Bertz CT molecular complexity index is 741. The maximum absolute atomic E-state index is 10.8. The quantitative estimate of drug-likeness (QED) is 0.606. The lowest BCUT2D eigenvalue weighted by Crippen LogP contribution is -2.08. The van der Waals surface area contributed by atoms with Crippen LogP contribution in [0.25, 0.3) is 11.1 Å². The molecule has 3 rings (SSSR count). The van der Waals surface area contributed by atoms with Crippen molar-refractivity contribution in [2.75, 3.05) is 16.1 Å². The number of hydrogen-bond acceptors (Lipinski definition) is 5. The molecule has 0 aliphatic heterocycles. The Morgan fingerprint density at radius 1 is 0.652 bits per heavy atom. The van der Waals surface area contributed by atoms with Gasteiger partial charge in [-0.05, 0) is 47.5 Å².